The van der Waals surface area contributed by atoms with E-state index >= 15 is 0 Å². The van der Waals surface area contributed by atoms with E-state index < -0.39 is 0 Å². The fraction of sp³-hybridized carbons (Fsp3) is 0.150. The van der Waals surface area contributed by atoms with Crippen LogP contribution in [0.5, 0.6) is 11.5 Å². The summed E-state index contributed by atoms with van der Waals surface area (Å²) in [4.78, 5) is 21.2. The minimum absolute atomic E-state index is 0.324. The highest BCUT2D eigenvalue weighted by atomic mass is 19.1. The molecule has 6 nitrogen and oxygen atoms in total. The van der Waals surface area contributed by atoms with Gasteiger partial charge in [-0.2, -0.15) is 0 Å². The Morgan fingerprint density at radius 1 is 1.07 bits per heavy atom. The first-order valence-electron chi connectivity index (χ1n) is 8.41. The number of aromatic nitrogens is 2. The molecular formula is C20H16FN3O3. The molecule has 4 rings (SSSR count). The number of carbonyl (C=O) groups excluding carboxylic acids is 1. The SMILES string of the molecule is Cc1nc(-c2ccc(F)cc2)ncc1C(=O)Nc1ccc2c(c1)OCCO2. The van der Waals surface area contributed by atoms with Gasteiger partial charge >= 0.3 is 0 Å². The molecule has 0 saturated carbocycles. The molecule has 1 aliphatic rings. The van der Waals surface area contributed by atoms with E-state index in [2.05, 4.69) is 15.3 Å². The van der Waals surface area contributed by atoms with E-state index in [9.17, 15) is 9.18 Å². The number of ether oxygens (including phenoxy) is 2. The number of hydrogen-bond donors (Lipinski definition) is 1. The van der Waals surface area contributed by atoms with Crippen LogP contribution in [0.2, 0.25) is 0 Å². The number of fused-ring (bicyclic) bond motifs is 1. The smallest absolute Gasteiger partial charge is 0.259 e. The number of hydrogen-bond acceptors (Lipinski definition) is 5. The predicted octanol–water partition coefficient (Wildman–Crippen LogP) is 3.61. The van der Waals surface area contributed by atoms with E-state index in [4.69, 9.17) is 9.47 Å². The molecule has 0 saturated heterocycles. The average molecular weight is 365 g/mol. The first-order valence-corrected chi connectivity index (χ1v) is 8.41. The highest BCUT2D eigenvalue weighted by Gasteiger charge is 2.16. The second-order valence-electron chi connectivity index (χ2n) is 6.01. The number of nitrogens with zero attached hydrogens (tertiary/aromatic N) is 2. The van der Waals surface area contributed by atoms with Crippen molar-refractivity contribution in [2.24, 2.45) is 0 Å². The summed E-state index contributed by atoms with van der Waals surface area (Å²) in [7, 11) is 0. The molecule has 1 aromatic heterocycles. The summed E-state index contributed by atoms with van der Waals surface area (Å²) in [6, 6.07) is 11.1. The lowest BCUT2D eigenvalue weighted by Crippen LogP contribution is -2.17. The maximum absolute atomic E-state index is 13.1. The Labute approximate surface area is 155 Å². The third-order valence-electron chi connectivity index (χ3n) is 4.13. The van der Waals surface area contributed by atoms with E-state index in [1.54, 1.807) is 37.3 Å². The van der Waals surface area contributed by atoms with Crippen LogP contribution in [0.15, 0.2) is 48.7 Å². The maximum atomic E-state index is 13.1. The summed E-state index contributed by atoms with van der Waals surface area (Å²) in [5.41, 5.74) is 2.15. The Bertz CT molecular complexity index is 1010. The molecule has 0 spiro atoms. The zero-order valence-electron chi connectivity index (χ0n) is 14.5. The quantitative estimate of drug-likeness (QED) is 0.767. The Morgan fingerprint density at radius 2 is 1.81 bits per heavy atom. The molecule has 7 heteroatoms. The van der Waals surface area contributed by atoms with Gasteiger partial charge in [0.25, 0.3) is 5.91 Å². The molecule has 1 aliphatic heterocycles. The van der Waals surface area contributed by atoms with Crippen LogP contribution in [0.3, 0.4) is 0 Å². The van der Waals surface area contributed by atoms with Gasteiger partial charge in [0.15, 0.2) is 17.3 Å². The van der Waals surface area contributed by atoms with Gasteiger partial charge in [0.1, 0.15) is 19.0 Å². The van der Waals surface area contributed by atoms with E-state index in [-0.39, 0.29) is 11.7 Å². The highest BCUT2D eigenvalue weighted by molar-refractivity contribution is 6.05. The maximum Gasteiger partial charge on any atom is 0.259 e. The summed E-state index contributed by atoms with van der Waals surface area (Å²) in [6.45, 7) is 2.71. The number of halogens is 1. The van der Waals surface area contributed by atoms with Crippen LogP contribution in [0.4, 0.5) is 10.1 Å². The lowest BCUT2D eigenvalue weighted by atomic mass is 10.1. The van der Waals surface area contributed by atoms with Crippen LogP contribution >= 0.6 is 0 Å². The molecule has 0 bridgehead atoms. The molecule has 27 heavy (non-hydrogen) atoms. The van der Waals surface area contributed by atoms with Crippen LogP contribution in [0, 0.1) is 12.7 Å². The number of nitrogens with one attached hydrogen (secondary N) is 1. The Hall–Kier alpha value is -3.48. The standard InChI is InChI=1S/C20H16FN3O3/c1-12-16(11-22-19(23-12)13-2-4-14(21)5-3-13)20(25)24-15-6-7-17-18(10-15)27-9-8-26-17/h2-7,10-11H,8-9H2,1H3,(H,24,25). The lowest BCUT2D eigenvalue weighted by molar-refractivity contribution is 0.102. The third kappa shape index (κ3) is 3.57. The van der Waals surface area contributed by atoms with Crippen molar-refractivity contribution >= 4 is 11.6 Å². The number of rotatable bonds is 3. The van der Waals surface area contributed by atoms with Gasteiger partial charge in [0, 0.05) is 23.5 Å². The monoisotopic (exact) mass is 365 g/mol. The van der Waals surface area contributed by atoms with Crippen molar-refractivity contribution in [1.82, 2.24) is 9.97 Å². The van der Waals surface area contributed by atoms with E-state index in [1.165, 1.54) is 18.3 Å². The molecule has 0 radical (unpaired) electrons. The van der Waals surface area contributed by atoms with Crippen LogP contribution in [-0.2, 0) is 0 Å². The second kappa shape index (κ2) is 7.03. The van der Waals surface area contributed by atoms with Gasteiger partial charge in [0.2, 0.25) is 0 Å². The largest absolute Gasteiger partial charge is 0.486 e. The van der Waals surface area contributed by atoms with E-state index in [1.807, 2.05) is 0 Å². The Balaban J connectivity index is 1.54. The summed E-state index contributed by atoms with van der Waals surface area (Å²) in [5, 5.41) is 2.81. The van der Waals surface area contributed by atoms with Crippen molar-refractivity contribution in [3.8, 4) is 22.9 Å². The number of benzene rings is 2. The van der Waals surface area contributed by atoms with Crippen molar-refractivity contribution in [1.29, 1.82) is 0 Å². The van der Waals surface area contributed by atoms with Crippen molar-refractivity contribution in [3.05, 3.63) is 65.7 Å². The summed E-state index contributed by atoms with van der Waals surface area (Å²) in [5.74, 6) is 1.03. The zero-order chi connectivity index (χ0) is 18.8. The van der Waals surface area contributed by atoms with Crippen molar-refractivity contribution in [2.45, 2.75) is 6.92 Å². The number of carbonyl (C=O) groups is 1. The van der Waals surface area contributed by atoms with Crippen LogP contribution < -0.4 is 14.8 Å². The van der Waals surface area contributed by atoms with E-state index in [0.29, 0.717) is 53.0 Å². The minimum atomic E-state index is -0.328. The van der Waals surface area contributed by atoms with Gasteiger partial charge in [0.05, 0.1) is 11.3 Å². The molecule has 0 unspecified atom stereocenters. The molecule has 1 N–H and O–H groups in total. The normalized spacial score (nSPS) is 12.5. The molecule has 0 aliphatic carbocycles. The third-order valence-corrected chi connectivity index (χ3v) is 4.13. The van der Waals surface area contributed by atoms with Gasteiger partial charge in [-0.25, -0.2) is 14.4 Å². The van der Waals surface area contributed by atoms with Crippen molar-refractivity contribution in [3.63, 3.8) is 0 Å². The van der Waals surface area contributed by atoms with Gasteiger partial charge in [-0.15, -0.1) is 0 Å². The van der Waals surface area contributed by atoms with Crippen LogP contribution in [0.1, 0.15) is 16.1 Å². The molecule has 0 atom stereocenters. The predicted molar refractivity (Wildman–Crippen MR) is 97.5 cm³/mol. The fourth-order valence-electron chi connectivity index (χ4n) is 2.75. The highest BCUT2D eigenvalue weighted by Crippen LogP contribution is 2.32. The van der Waals surface area contributed by atoms with Crippen molar-refractivity contribution in [2.75, 3.05) is 18.5 Å². The molecule has 1 amide bonds. The average Bonchev–Trinajstić information content (AvgIpc) is 2.68. The van der Waals surface area contributed by atoms with Gasteiger partial charge in [-0.05, 0) is 43.3 Å². The summed E-state index contributed by atoms with van der Waals surface area (Å²) < 4.78 is 24.0. The number of amides is 1. The second-order valence-corrected chi connectivity index (χ2v) is 6.01. The van der Waals surface area contributed by atoms with Gasteiger partial charge < -0.3 is 14.8 Å². The van der Waals surface area contributed by atoms with Crippen LogP contribution in [0.25, 0.3) is 11.4 Å². The molecule has 0 fully saturated rings. The number of aryl methyl sites for hydroxylation is 1. The summed E-state index contributed by atoms with van der Waals surface area (Å²) in [6.07, 6.45) is 1.47. The molecular weight excluding hydrogens is 349 g/mol. The molecule has 2 aromatic carbocycles. The molecule has 3 aromatic rings. The topological polar surface area (TPSA) is 73.3 Å². The Kier molecular flexibility index (Phi) is 4.42. The lowest BCUT2D eigenvalue weighted by Gasteiger charge is -2.19. The summed E-state index contributed by atoms with van der Waals surface area (Å²) >= 11 is 0. The first kappa shape index (κ1) is 17.0. The van der Waals surface area contributed by atoms with Crippen molar-refractivity contribution < 1.29 is 18.7 Å². The zero-order valence-corrected chi connectivity index (χ0v) is 14.5. The Morgan fingerprint density at radius 3 is 2.56 bits per heavy atom. The van der Waals surface area contributed by atoms with Crippen LogP contribution in [-0.4, -0.2) is 29.1 Å². The number of anilines is 1. The molecule has 136 valence electrons. The minimum Gasteiger partial charge on any atom is -0.486 e. The van der Waals surface area contributed by atoms with Gasteiger partial charge in [-0.1, -0.05) is 0 Å². The fourth-order valence-corrected chi connectivity index (χ4v) is 2.75. The first-order chi connectivity index (χ1) is 13.1. The van der Waals surface area contributed by atoms with E-state index in [0.717, 1.165) is 0 Å². The molecule has 2 heterocycles. The van der Waals surface area contributed by atoms with Gasteiger partial charge in [-0.3, -0.25) is 4.79 Å².